The van der Waals surface area contributed by atoms with Crippen LogP contribution in [0.2, 0.25) is 0 Å². The van der Waals surface area contributed by atoms with Gasteiger partial charge in [0.15, 0.2) is 5.78 Å². The van der Waals surface area contributed by atoms with Crippen molar-refractivity contribution < 1.29 is 14.3 Å². The van der Waals surface area contributed by atoms with Gasteiger partial charge in [0.2, 0.25) is 5.91 Å². The lowest BCUT2D eigenvalue weighted by molar-refractivity contribution is -0.128. The van der Waals surface area contributed by atoms with E-state index in [9.17, 15) is 9.59 Å². The number of ether oxygens (including phenoxy) is 1. The number of hydrogen-bond acceptors (Lipinski definition) is 3. The van der Waals surface area contributed by atoms with Crippen LogP contribution in [0, 0.1) is 5.92 Å². The minimum Gasteiger partial charge on any atom is -0.383 e. The second kappa shape index (κ2) is 6.88. The highest BCUT2D eigenvalue weighted by atomic mass is 16.5. The molecule has 1 amide bonds. The van der Waals surface area contributed by atoms with Crippen LogP contribution in [0.15, 0.2) is 18.2 Å². The predicted octanol–water partition coefficient (Wildman–Crippen LogP) is 2.73. The average molecular weight is 354 g/mol. The lowest BCUT2D eigenvalue weighted by Crippen LogP contribution is -2.28. The van der Waals surface area contributed by atoms with Gasteiger partial charge in [0.05, 0.1) is 12.3 Å². The third-order valence-electron chi connectivity index (χ3n) is 5.85. The summed E-state index contributed by atoms with van der Waals surface area (Å²) in [5, 5.41) is 1.22. The SMILES string of the molecule is COCCN1C[C@@H](Cc2ccc3c(c2)c2c(n3C)C(=O)CCC2)CC1=O. The summed E-state index contributed by atoms with van der Waals surface area (Å²) in [6.07, 6.45) is 4.11. The van der Waals surface area contributed by atoms with Crippen LogP contribution in [0.25, 0.3) is 10.9 Å². The Balaban J connectivity index is 1.57. The molecule has 5 heteroatoms. The van der Waals surface area contributed by atoms with Gasteiger partial charge in [-0.15, -0.1) is 0 Å². The van der Waals surface area contributed by atoms with Crippen molar-refractivity contribution in [1.29, 1.82) is 0 Å². The molecule has 0 radical (unpaired) electrons. The number of aryl methyl sites for hydroxylation is 2. The lowest BCUT2D eigenvalue weighted by Gasteiger charge is -2.16. The molecule has 26 heavy (non-hydrogen) atoms. The molecule has 2 aliphatic rings. The number of likely N-dealkylation sites (tertiary alicyclic amines) is 1. The van der Waals surface area contributed by atoms with Crippen LogP contribution in [0.5, 0.6) is 0 Å². The number of fused-ring (bicyclic) bond motifs is 3. The number of carbonyl (C=O) groups excluding carboxylic acids is 2. The number of Topliss-reactive ketones (excluding diaryl/α,β-unsaturated/α-hetero) is 1. The van der Waals surface area contributed by atoms with Crippen molar-refractivity contribution in [1.82, 2.24) is 9.47 Å². The van der Waals surface area contributed by atoms with E-state index in [-0.39, 0.29) is 11.7 Å². The largest absolute Gasteiger partial charge is 0.383 e. The fraction of sp³-hybridized carbons (Fsp3) is 0.524. The molecule has 1 saturated heterocycles. The first-order valence-electron chi connectivity index (χ1n) is 9.48. The van der Waals surface area contributed by atoms with E-state index in [1.807, 2.05) is 11.9 Å². The van der Waals surface area contributed by atoms with Gasteiger partial charge in [-0.1, -0.05) is 6.07 Å². The molecule has 1 atom stereocenters. The number of benzene rings is 1. The summed E-state index contributed by atoms with van der Waals surface area (Å²) in [6, 6.07) is 6.53. The summed E-state index contributed by atoms with van der Waals surface area (Å²) in [7, 11) is 3.66. The van der Waals surface area contributed by atoms with E-state index in [4.69, 9.17) is 4.74 Å². The molecular formula is C21H26N2O3. The van der Waals surface area contributed by atoms with Gasteiger partial charge in [0.1, 0.15) is 0 Å². The quantitative estimate of drug-likeness (QED) is 0.830. The number of carbonyl (C=O) groups is 2. The highest BCUT2D eigenvalue weighted by molar-refractivity contribution is 6.04. The maximum absolute atomic E-state index is 12.3. The first kappa shape index (κ1) is 17.3. The average Bonchev–Trinajstić information content (AvgIpc) is 3.11. The summed E-state index contributed by atoms with van der Waals surface area (Å²) >= 11 is 0. The molecule has 1 fully saturated rings. The number of rotatable bonds is 5. The Kier molecular flexibility index (Phi) is 4.57. The van der Waals surface area contributed by atoms with Gasteiger partial charge >= 0.3 is 0 Å². The smallest absolute Gasteiger partial charge is 0.223 e. The Morgan fingerprint density at radius 1 is 1.23 bits per heavy atom. The number of hydrogen-bond donors (Lipinski definition) is 0. The summed E-state index contributed by atoms with van der Waals surface area (Å²) in [5.41, 5.74) is 4.50. The minimum atomic E-state index is 0.232. The summed E-state index contributed by atoms with van der Waals surface area (Å²) in [4.78, 5) is 26.4. The number of amides is 1. The third kappa shape index (κ3) is 2.94. The molecular weight excluding hydrogens is 328 g/mol. The molecule has 1 aromatic carbocycles. The van der Waals surface area contributed by atoms with E-state index < -0.39 is 0 Å². The van der Waals surface area contributed by atoms with Gasteiger partial charge in [-0.05, 0) is 48.4 Å². The fourth-order valence-corrected chi connectivity index (χ4v) is 4.59. The van der Waals surface area contributed by atoms with Crippen molar-refractivity contribution >= 4 is 22.6 Å². The first-order chi connectivity index (χ1) is 12.6. The molecule has 0 spiro atoms. The molecule has 2 aromatic rings. The molecule has 1 aromatic heterocycles. The van der Waals surface area contributed by atoms with Gasteiger partial charge in [-0.25, -0.2) is 0 Å². The van der Waals surface area contributed by atoms with E-state index in [0.717, 1.165) is 37.0 Å². The summed E-state index contributed by atoms with van der Waals surface area (Å²) < 4.78 is 7.15. The minimum absolute atomic E-state index is 0.232. The molecule has 0 bridgehead atoms. The van der Waals surface area contributed by atoms with Gasteiger partial charge < -0.3 is 14.2 Å². The van der Waals surface area contributed by atoms with Gasteiger partial charge in [-0.3, -0.25) is 9.59 Å². The molecule has 4 rings (SSSR count). The Hall–Kier alpha value is -2.14. The molecule has 138 valence electrons. The van der Waals surface area contributed by atoms with Crippen LogP contribution < -0.4 is 0 Å². The number of ketones is 1. The lowest BCUT2D eigenvalue weighted by atomic mass is 9.92. The van der Waals surface area contributed by atoms with E-state index >= 15 is 0 Å². The molecule has 1 aliphatic heterocycles. The van der Waals surface area contributed by atoms with Crippen LogP contribution >= 0.6 is 0 Å². The van der Waals surface area contributed by atoms with Crippen LogP contribution in [-0.4, -0.2) is 48.0 Å². The van der Waals surface area contributed by atoms with Crippen LogP contribution in [0.4, 0.5) is 0 Å². The molecule has 0 unspecified atom stereocenters. The Labute approximate surface area is 153 Å². The van der Waals surface area contributed by atoms with E-state index in [1.165, 1.54) is 16.5 Å². The Morgan fingerprint density at radius 3 is 2.88 bits per heavy atom. The van der Waals surface area contributed by atoms with E-state index in [2.05, 4.69) is 22.8 Å². The molecule has 0 saturated carbocycles. The second-order valence-electron chi connectivity index (χ2n) is 7.62. The summed E-state index contributed by atoms with van der Waals surface area (Å²) in [5.74, 6) is 0.857. The zero-order valence-corrected chi connectivity index (χ0v) is 15.6. The second-order valence-corrected chi connectivity index (χ2v) is 7.62. The predicted molar refractivity (Wildman–Crippen MR) is 100 cm³/mol. The Bertz CT molecular complexity index is 868. The normalized spacial score (nSPS) is 20.2. The number of aromatic nitrogens is 1. The van der Waals surface area contributed by atoms with Crippen LogP contribution in [-0.2, 0) is 29.4 Å². The van der Waals surface area contributed by atoms with Crippen molar-refractivity contribution in [2.45, 2.75) is 32.1 Å². The molecule has 5 nitrogen and oxygen atoms in total. The highest BCUT2D eigenvalue weighted by Gasteiger charge is 2.30. The van der Waals surface area contributed by atoms with E-state index in [0.29, 0.717) is 31.9 Å². The van der Waals surface area contributed by atoms with Crippen molar-refractivity contribution in [2.75, 3.05) is 26.8 Å². The molecule has 0 N–H and O–H groups in total. The maximum Gasteiger partial charge on any atom is 0.223 e. The fourth-order valence-electron chi connectivity index (χ4n) is 4.59. The van der Waals surface area contributed by atoms with Crippen molar-refractivity contribution in [3.05, 3.63) is 35.0 Å². The van der Waals surface area contributed by atoms with Crippen molar-refractivity contribution in [3.8, 4) is 0 Å². The summed E-state index contributed by atoms with van der Waals surface area (Å²) in [6.45, 7) is 2.08. The van der Waals surface area contributed by atoms with Gasteiger partial charge in [0.25, 0.3) is 0 Å². The van der Waals surface area contributed by atoms with Crippen LogP contribution in [0.3, 0.4) is 0 Å². The third-order valence-corrected chi connectivity index (χ3v) is 5.85. The number of methoxy groups -OCH3 is 1. The zero-order valence-electron chi connectivity index (χ0n) is 15.6. The van der Waals surface area contributed by atoms with Crippen molar-refractivity contribution in [3.63, 3.8) is 0 Å². The number of nitrogens with zero attached hydrogens (tertiary/aromatic N) is 2. The molecule has 2 heterocycles. The maximum atomic E-state index is 12.3. The Morgan fingerprint density at radius 2 is 2.08 bits per heavy atom. The molecule has 1 aliphatic carbocycles. The highest BCUT2D eigenvalue weighted by Crippen LogP contribution is 2.33. The first-order valence-corrected chi connectivity index (χ1v) is 9.48. The van der Waals surface area contributed by atoms with Crippen LogP contribution in [0.1, 0.15) is 40.9 Å². The monoisotopic (exact) mass is 354 g/mol. The van der Waals surface area contributed by atoms with Crippen molar-refractivity contribution in [2.24, 2.45) is 13.0 Å². The van der Waals surface area contributed by atoms with Gasteiger partial charge in [-0.2, -0.15) is 0 Å². The topological polar surface area (TPSA) is 51.5 Å². The van der Waals surface area contributed by atoms with E-state index in [1.54, 1.807) is 7.11 Å². The standard InChI is InChI=1S/C21H26N2O3/c1-22-18-7-6-14(10-15-12-20(25)23(13-15)8-9-26-2)11-17(18)16-4-3-5-19(24)21(16)22/h6-7,11,15H,3-5,8-10,12-13H2,1-2H3/t15-/m0/s1. The van der Waals surface area contributed by atoms with Gasteiger partial charge in [0, 0.05) is 51.0 Å². The zero-order chi connectivity index (χ0) is 18.3.